The third-order valence-electron chi connectivity index (χ3n) is 7.19. The van der Waals surface area contributed by atoms with Crippen molar-refractivity contribution in [3.8, 4) is 67.0 Å². The Balaban J connectivity index is 1.37. The van der Waals surface area contributed by atoms with Crippen molar-refractivity contribution in [2.24, 2.45) is 0 Å². The van der Waals surface area contributed by atoms with E-state index in [-0.39, 0.29) is 0 Å². The van der Waals surface area contributed by atoms with Gasteiger partial charge in [-0.1, -0.05) is 30.3 Å². The van der Waals surface area contributed by atoms with Gasteiger partial charge in [-0.2, -0.15) is 0 Å². The maximum atomic E-state index is 5.19. The predicted molar refractivity (Wildman–Crippen MR) is 168 cm³/mol. The van der Waals surface area contributed by atoms with E-state index < -0.39 is 0 Å². The van der Waals surface area contributed by atoms with Crippen molar-refractivity contribution in [1.82, 2.24) is 24.9 Å². The van der Waals surface area contributed by atoms with Gasteiger partial charge in [-0.3, -0.25) is 19.9 Å². The molecule has 0 aliphatic carbocycles. The zero-order valence-corrected chi connectivity index (χ0v) is 22.7. The van der Waals surface area contributed by atoms with Crippen LogP contribution in [0, 0.1) is 0 Å². The summed E-state index contributed by atoms with van der Waals surface area (Å²) in [5, 5.41) is 0. The summed E-state index contributed by atoms with van der Waals surface area (Å²) in [6.45, 7) is 0. The Morgan fingerprint density at radius 1 is 0.286 bits per heavy atom. The molecule has 5 heteroatoms. The maximum Gasteiger partial charge on any atom is 0.0709 e. The van der Waals surface area contributed by atoms with Crippen LogP contribution in [0.1, 0.15) is 0 Å². The maximum absolute atomic E-state index is 5.19. The summed E-state index contributed by atoms with van der Waals surface area (Å²) < 4.78 is 0. The molecule has 0 saturated carbocycles. The van der Waals surface area contributed by atoms with Crippen LogP contribution in [0.5, 0.6) is 0 Å². The molecule has 0 unspecified atom stereocenters. The predicted octanol–water partition coefficient (Wildman–Crippen LogP) is 8.66. The Hall–Kier alpha value is -5.81. The van der Waals surface area contributed by atoms with Gasteiger partial charge in [-0.15, -0.1) is 0 Å². The van der Waals surface area contributed by atoms with Gasteiger partial charge in [0.25, 0.3) is 0 Å². The molecule has 0 atom stereocenters. The lowest BCUT2D eigenvalue weighted by molar-refractivity contribution is 1.30. The van der Waals surface area contributed by atoms with Crippen molar-refractivity contribution in [3.05, 3.63) is 153 Å². The second kappa shape index (κ2) is 11.4. The first-order chi connectivity index (χ1) is 20.8. The van der Waals surface area contributed by atoms with Gasteiger partial charge in [-0.25, -0.2) is 4.98 Å². The number of benzene rings is 2. The van der Waals surface area contributed by atoms with Gasteiger partial charge in [0.05, 0.1) is 11.4 Å². The normalized spacial score (nSPS) is 10.9. The van der Waals surface area contributed by atoms with E-state index in [4.69, 9.17) is 4.98 Å². The summed E-state index contributed by atoms with van der Waals surface area (Å²) >= 11 is 0. The highest BCUT2D eigenvalue weighted by molar-refractivity contribution is 5.82. The third kappa shape index (κ3) is 5.31. The average molecular weight is 540 g/mol. The van der Waals surface area contributed by atoms with Crippen LogP contribution in [-0.4, -0.2) is 24.9 Å². The SMILES string of the molecule is c1cncc(-c2cc(-c3cccnc3)cc(-c3cccc(-c4cc(-c5cccnc5)cc(-c5cccnc5)c4)n3)c2)c1. The smallest absolute Gasteiger partial charge is 0.0709 e. The van der Waals surface area contributed by atoms with Crippen molar-refractivity contribution in [2.45, 2.75) is 0 Å². The lowest BCUT2D eigenvalue weighted by atomic mass is 9.95. The summed E-state index contributed by atoms with van der Waals surface area (Å²) in [4.78, 5) is 22.6. The van der Waals surface area contributed by atoms with Crippen LogP contribution in [-0.2, 0) is 0 Å². The first-order valence-corrected chi connectivity index (χ1v) is 13.7. The molecule has 5 heterocycles. The van der Waals surface area contributed by atoms with Crippen LogP contribution < -0.4 is 0 Å². The van der Waals surface area contributed by atoms with Crippen LogP contribution >= 0.6 is 0 Å². The van der Waals surface area contributed by atoms with Crippen molar-refractivity contribution in [1.29, 1.82) is 0 Å². The Bertz CT molecular complexity index is 1700. The van der Waals surface area contributed by atoms with Gasteiger partial charge in [0, 0.05) is 83.0 Å². The molecule has 0 radical (unpaired) electrons. The highest BCUT2D eigenvalue weighted by Gasteiger charge is 2.12. The van der Waals surface area contributed by atoms with E-state index in [0.29, 0.717) is 0 Å². The van der Waals surface area contributed by atoms with E-state index >= 15 is 0 Å². The zero-order valence-electron chi connectivity index (χ0n) is 22.7. The first-order valence-electron chi connectivity index (χ1n) is 13.7. The van der Waals surface area contributed by atoms with E-state index in [1.165, 1.54) is 0 Å². The Morgan fingerprint density at radius 3 is 0.881 bits per heavy atom. The minimum atomic E-state index is 0.887. The highest BCUT2D eigenvalue weighted by Crippen LogP contribution is 2.35. The van der Waals surface area contributed by atoms with Crippen LogP contribution in [0.4, 0.5) is 0 Å². The second-order valence-corrected chi connectivity index (χ2v) is 9.97. The topological polar surface area (TPSA) is 64.5 Å². The molecule has 7 aromatic rings. The molecule has 2 aromatic carbocycles. The van der Waals surface area contributed by atoms with E-state index in [0.717, 1.165) is 67.0 Å². The molecule has 42 heavy (non-hydrogen) atoms. The minimum absolute atomic E-state index is 0.887. The van der Waals surface area contributed by atoms with Gasteiger partial charge in [0.1, 0.15) is 0 Å². The fourth-order valence-electron chi connectivity index (χ4n) is 5.11. The molecule has 0 spiro atoms. The van der Waals surface area contributed by atoms with E-state index in [9.17, 15) is 0 Å². The molecule has 5 nitrogen and oxygen atoms in total. The van der Waals surface area contributed by atoms with Gasteiger partial charge in [0.15, 0.2) is 0 Å². The highest BCUT2D eigenvalue weighted by atomic mass is 14.7. The summed E-state index contributed by atoms with van der Waals surface area (Å²) in [6.07, 6.45) is 14.7. The van der Waals surface area contributed by atoms with Crippen molar-refractivity contribution in [3.63, 3.8) is 0 Å². The summed E-state index contributed by atoms with van der Waals surface area (Å²) in [5.74, 6) is 0. The van der Waals surface area contributed by atoms with Crippen molar-refractivity contribution >= 4 is 0 Å². The molecule has 0 aliphatic rings. The standard InChI is InChI=1S/C37H25N5/c1-10-36(34-18-30(26-6-2-12-38-22-26)16-31(19-34)27-7-3-13-39-23-27)42-37(11-1)35-20-32(28-8-4-14-40-24-28)17-33(21-35)29-9-5-15-41-25-29/h1-25H. The lowest BCUT2D eigenvalue weighted by Crippen LogP contribution is -1.92. The van der Waals surface area contributed by atoms with Crippen LogP contribution in [0.25, 0.3) is 67.0 Å². The van der Waals surface area contributed by atoms with Crippen molar-refractivity contribution < 1.29 is 0 Å². The van der Waals surface area contributed by atoms with E-state index in [1.54, 1.807) is 24.8 Å². The number of pyridine rings is 5. The quantitative estimate of drug-likeness (QED) is 0.212. The average Bonchev–Trinajstić information content (AvgIpc) is 3.09. The third-order valence-corrected chi connectivity index (χ3v) is 7.19. The monoisotopic (exact) mass is 539 g/mol. The summed E-state index contributed by atoms with van der Waals surface area (Å²) in [6, 6.07) is 35.4. The lowest BCUT2D eigenvalue weighted by Gasteiger charge is -2.13. The Morgan fingerprint density at radius 2 is 0.595 bits per heavy atom. The van der Waals surface area contributed by atoms with E-state index in [2.05, 4.69) is 98.8 Å². The molecule has 0 fully saturated rings. The molecular weight excluding hydrogens is 514 g/mol. The fourth-order valence-corrected chi connectivity index (χ4v) is 5.11. The minimum Gasteiger partial charge on any atom is -0.264 e. The molecule has 198 valence electrons. The largest absolute Gasteiger partial charge is 0.264 e. The number of rotatable bonds is 6. The van der Waals surface area contributed by atoms with Gasteiger partial charge >= 0.3 is 0 Å². The van der Waals surface area contributed by atoms with Gasteiger partial charge in [0.2, 0.25) is 0 Å². The molecule has 0 saturated heterocycles. The molecule has 5 aromatic heterocycles. The summed E-state index contributed by atoms with van der Waals surface area (Å²) in [7, 11) is 0. The molecular formula is C37H25N5. The Kier molecular flexibility index (Phi) is 6.81. The number of hydrogen-bond acceptors (Lipinski definition) is 5. The molecule has 0 amide bonds. The van der Waals surface area contributed by atoms with Gasteiger partial charge < -0.3 is 0 Å². The van der Waals surface area contributed by atoms with Crippen LogP contribution in [0.15, 0.2) is 153 Å². The van der Waals surface area contributed by atoms with Crippen LogP contribution in [0.2, 0.25) is 0 Å². The summed E-state index contributed by atoms with van der Waals surface area (Å²) in [5.41, 5.74) is 12.3. The van der Waals surface area contributed by atoms with Gasteiger partial charge in [-0.05, 0) is 95.1 Å². The van der Waals surface area contributed by atoms with E-state index in [1.807, 2.05) is 49.1 Å². The molecule has 0 aliphatic heterocycles. The second-order valence-electron chi connectivity index (χ2n) is 9.97. The number of nitrogens with zero attached hydrogens (tertiary/aromatic N) is 5. The first kappa shape index (κ1) is 25.2. The Labute approximate surface area is 244 Å². The van der Waals surface area contributed by atoms with Crippen molar-refractivity contribution in [2.75, 3.05) is 0 Å². The molecule has 7 rings (SSSR count). The van der Waals surface area contributed by atoms with Crippen LogP contribution in [0.3, 0.4) is 0 Å². The zero-order chi connectivity index (χ0) is 28.1. The fraction of sp³-hybridized carbons (Fsp3) is 0. The molecule has 0 N–H and O–H groups in total. The number of aromatic nitrogens is 5. The molecule has 0 bridgehead atoms. The number of hydrogen-bond donors (Lipinski definition) is 0.